The zero-order valence-corrected chi connectivity index (χ0v) is 42.6. The SMILES string of the molecule is CCC1=C[C@@H]2CN(C1)Cc1c([nH]c3ccccc13)[C@@](C(=O)OC)(c1cc3c(cc1OC)N(C)[C@H]1[C@@](O)(CNC(=O)c4c(F)cccc4F)[C@H](OC(C)=O)[C@]4(CC)C=CCN5CC[C@]31[C@@H]54)C2.O=C(O)C(O)C(O)C(=O)O. The number of esters is 2. The van der Waals surface area contributed by atoms with E-state index in [1.54, 1.807) is 7.11 Å². The van der Waals surface area contributed by atoms with E-state index in [2.05, 4.69) is 51.3 Å². The predicted octanol–water partition coefficient (Wildman–Crippen LogP) is 4.17. The molecule has 3 aromatic carbocycles. The van der Waals surface area contributed by atoms with Crippen molar-refractivity contribution in [3.8, 4) is 5.75 Å². The number of carbonyl (C=O) groups excluding carboxylic acids is 3. The molecule has 10 rings (SSSR count). The lowest BCUT2D eigenvalue weighted by atomic mass is 9.47. The monoisotopic (exact) mass is 1040 g/mol. The number of methoxy groups -OCH3 is 2. The Bertz CT molecular complexity index is 3000. The average Bonchev–Trinajstić information content (AvgIpc) is 4.04. The summed E-state index contributed by atoms with van der Waals surface area (Å²) in [6.45, 7) is 8.42. The molecule has 1 aromatic heterocycles. The Morgan fingerprint density at radius 3 is 2.25 bits per heavy atom. The zero-order chi connectivity index (χ0) is 54.1. The van der Waals surface area contributed by atoms with E-state index in [9.17, 15) is 24.3 Å². The van der Waals surface area contributed by atoms with Gasteiger partial charge in [-0.25, -0.2) is 18.4 Å². The van der Waals surface area contributed by atoms with E-state index < -0.39 is 99.7 Å². The Kier molecular flexibility index (Phi) is 14.0. The number of para-hydroxylation sites is 1. The first-order chi connectivity index (χ1) is 35.7. The summed E-state index contributed by atoms with van der Waals surface area (Å²) in [6, 6.07) is 14.2. The standard InChI is InChI=1S/C51H57F2N5O7.C4H6O6/c1-7-30-21-31-24-50(47(61)64-6,42-33(27-57(25-30)26-31)32-13-9-10-16-38(32)55-42)35-22-34-39(23-40(35)63-5)56(4)45-49(34)18-20-58-19-12-17-48(8-2,44(49)58)46(65-29(3)59)51(45,62)28-54-43(60)41-36(52)14-11-15-37(41)53;5-1(3(7)8)2(6)4(9)10/h9-17,21-23,31,44-46,55,62H,7-8,18-20,24-28H2,1-6H3,(H,54,60);1-2,5-6H,(H,7,8)(H,9,10)/t31-,44-,45+,46+,48+,49+,50-,51-;/m0./s1. The van der Waals surface area contributed by atoms with E-state index in [-0.39, 0.29) is 12.0 Å². The molecule has 4 aromatic rings. The van der Waals surface area contributed by atoms with Crippen LogP contribution in [0.5, 0.6) is 5.75 Å². The summed E-state index contributed by atoms with van der Waals surface area (Å²) in [5, 5.41) is 50.1. The van der Waals surface area contributed by atoms with Crippen LogP contribution in [-0.2, 0) is 46.0 Å². The van der Waals surface area contributed by atoms with Gasteiger partial charge in [-0.05, 0) is 73.5 Å². The first-order valence-electron chi connectivity index (χ1n) is 25.1. The molecule has 1 amide bonds. The minimum Gasteiger partial charge on any atom is -0.496 e. The molecule has 18 nitrogen and oxygen atoms in total. The van der Waals surface area contributed by atoms with Crippen molar-refractivity contribution in [2.24, 2.45) is 11.3 Å². The van der Waals surface area contributed by atoms with Crippen LogP contribution in [0.25, 0.3) is 10.9 Å². The Labute approximate surface area is 431 Å². The molecular formula is C55H63F2N5O13. The molecule has 1 spiro atoms. The third kappa shape index (κ3) is 8.18. The Balaban J connectivity index is 0.000000626. The highest BCUT2D eigenvalue weighted by molar-refractivity contribution is 5.96. The Morgan fingerprint density at radius 1 is 0.933 bits per heavy atom. The van der Waals surface area contributed by atoms with Crippen molar-refractivity contribution in [1.29, 1.82) is 0 Å². The van der Waals surface area contributed by atoms with Crippen LogP contribution in [-0.4, -0.2) is 160 Å². The number of halogens is 2. The lowest BCUT2D eigenvalue weighted by Crippen LogP contribution is -2.81. The summed E-state index contributed by atoms with van der Waals surface area (Å²) >= 11 is 0. The Hall–Kier alpha value is -6.71. The van der Waals surface area contributed by atoms with Gasteiger partial charge in [0.1, 0.15) is 40.1 Å². The number of amides is 1. The lowest BCUT2D eigenvalue weighted by molar-refractivity contribution is -0.216. The van der Waals surface area contributed by atoms with Crippen LogP contribution in [0.1, 0.15) is 79.2 Å². The van der Waals surface area contributed by atoms with Gasteiger partial charge in [-0.2, -0.15) is 0 Å². The zero-order valence-electron chi connectivity index (χ0n) is 42.6. The van der Waals surface area contributed by atoms with Crippen LogP contribution in [0.3, 0.4) is 0 Å². The van der Waals surface area contributed by atoms with Crippen molar-refractivity contribution < 1.29 is 72.5 Å². The summed E-state index contributed by atoms with van der Waals surface area (Å²) in [5.41, 5.74) is 0.113. The fraction of sp³-hybridized carbons (Fsp3) is 0.473. The average molecular weight is 1040 g/mol. The number of carboxylic acid groups (broad SMARTS) is 2. The summed E-state index contributed by atoms with van der Waals surface area (Å²) in [4.78, 5) is 72.6. The Morgan fingerprint density at radius 2 is 1.63 bits per heavy atom. The number of aliphatic hydroxyl groups excluding tert-OH is 2. The number of carbonyl (C=O) groups is 5. The number of anilines is 1. The van der Waals surface area contributed by atoms with Crippen molar-refractivity contribution in [3.05, 3.63) is 118 Å². The topological polar surface area (TPSA) is 252 Å². The highest BCUT2D eigenvalue weighted by Gasteiger charge is 2.78. The van der Waals surface area contributed by atoms with Crippen molar-refractivity contribution in [3.63, 3.8) is 0 Å². The van der Waals surface area contributed by atoms with Crippen LogP contribution < -0.4 is 15.0 Å². The molecule has 2 bridgehead atoms. The number of H-pyrrole nitrogens is 1. The molecule has 11 atom stereocenters. The second kappa shape index (κ2) is 19.8. The van der Waals surface area contributed by atoms with E-state index in [0.29, 0.717) is 50.2 Å². The van der Waals surface area contributed by atoms with Gasteiger partial charge in [0.05, 0.1) is 26.8 Å². The molecular weight excluding hydrogens is 977 g/mol. The quantitative estimate of drug-likeness (QED) is 0.0777. The normalized spacial score (nSPS) is 29.9. The fourth-order valence-corrected chi connectivity index (χ4v) is 14.1. The molecule has 6 aliphatic rings. The van der Waals surface area contributed by atoms with Gasteiger partial charge in [-0.3, -0.25) is 24.2 Å². The smallest absolute Gasteiger partial charge is 0.335 e. The predicted molar refractivity (Wildman–Crippen MR) is 268 cm³/mol. The minimum atomic E-state index is -2.27. The number of rotatable bonds is 12. The fourth-order valence-electron chi connectivity index (χ4n) is 14.1. The molecule has 7 N–H and O–H groups in total. The van der Waals surface area contributed by atoms with Gasteiger partial charge in [-0.1, -0.05) is 61.9 Å². The molecule has 3 unspecified atom stereocenters. The molecule has 0 radical (unpaired) electrons. The molecule has 6 heterocycles. The molecule has 1 saturated heterocycles. The van der Waals surface area contributed by atoms with Crippen LogP contribution in [0, 0.1) is 23.0 Å². The van der Waals surface area contributed by atoms with Crippen molar-refractivity contribution in [2.45, 2.75) is 99.8 Å². The maximum absolute atomic E-state index is 15.3. The van der Waals surface area contributed by atoms with Gasteiger partial charge in [0, 0.05) is 90.9 Å². The van der Waals surface area contributed by atoms with E-state index in [1.165, 1.54) is 25.7 Å². The maximum Gasteiger partial charge on any atom is 0.335 e. The van der Waals surface area contributed by atoms with Gasteiger partial charge in [0.15, 0.2) is 12.2 Å². The van der Waals surface area contributed by atoms with E-state index in [1.807, 2.05) is 49.2 Å². The molecule has 1 saturated carbocycles. The summed E-state index contributed by atoms with van der Waals surface area (Å²) < 4.78 is 48.9. The van der Waals surface area contributed by atoms with E-state index in [4.69, 9.17) is 34.6 Å². The van der Waals surface area contributed by atoms with Crippen molar-refractivity contribution >= 4 is 46.4 Å². The number of likely N-dealkylation sites (N-methyl/N-ethyl adjacent to an activating group) is 1. The van der Waals surface area contributed by atoms with Gasteiger partial charge >= 0.3 is 23.9 Å². The summed E-state index contributed by atoms with van der Waals surface area (Å²) in [6.07, 6.45) is 2.96. The van der Waals surface area contributed by atoms with Gasteiger partial charge < -0.3 is 54.9 Å². The maximum atomic E-state index is 15.3. The largest absolute Gasteiger partial charge is 0.496 e. The van der Waals surface area contributed by atoms with Crippen LogP contribution in [0.2, 0.25) is 0 Å². The number of hydrogen-bond donors (Lipinski definition) is 7. The van der Waals surface area contributed by atoms with Crippen molar-refractivity contribution in [2.75, 3.05) is 58.9 Å². The number of carboxylic acids is 2. The van der Waals surface area contributed by atoms with Gasteiger partial charge in [0.2, 0.25) is 0 Å². The number of nitrogens with zero attached hydrogens (tertiary/aromatic N) is 3. The third-order valence-electron chi connectivity index (χ3n) is 16.9. The second-order valence-electron chi connectivity index (χ2n) is 20.7. The minimum absolute atomic E-state index is 0.0192. The van der Waals surface area contributed by atoms with E-state index in [0.717, 1.165) is 65.1 Å². The number of fused-ring (bicyclic) bond motifs is 6. The second-order valence-corrected chi connectivity index (χ2v) is 20.7. The van der Waals surface area contributed by atoms with Gasteiger partial charge in [-0.15, -0.1) is 0 Å². The lowest BCUT2D eigenvalue weighted by Gasteiger charge is -2.64. The number of aromatic amines is 1. The molecule has 2 fully saturated rings. The molecule has 75 heavy (non-hydrogen) atoms. The number of hydrogen-bond acceptors (Lipinski definition) is 14. The van der Waals surface area contributed by atoms with Crippen molar-refractivity contribution in [1.82, 2.24) is 20.1 Å². The summed E-state index contributed by atoms with van der Waals surface area (Å²) in [5.74, 6) is -7.29. The summed E-state index contributed by atoms with van der Waals surface area (Å²) in [7, 11) is 4.91. The molecule has 20 heteroatoms. The first-order valence-corrected chi connectivity index (χ1v) is 25.1. The number of aromatic nitrogens is 1. The van der Waals surface area contributed by atoms with Gasteiger partial charge in [0.25, 0.3) is 5.91 Å². The number of aliphatic carboxylic acids is 2. The number of nitrogens with one attached hydrogen (secondary N) is 2. The molecule has 5 aliphatic heterocycles. The number of benzene rings is 3. The molecule has 1 aliphatic carbocycles. The van der Waals surface area contributed by atoms with Crippen LogP contribution >= 0.6 is 0 Å². The number of ether oxygens (including phenoxy) is 3. The van der Waals surface area contributed by atoms with Crippen LogP contribution in [0.4, 0.5) is 14.5 Å². The first kappa shape index (κ1) is 53.1. The third-order valence-corrected chi connectivity index (χ3v) is 16.9. The highest BCUT2D eigenvalue weighted by Crippen LogP contribution is 2.68. The molecule has 400 valence electrons. The van der Waals surface area contributed by atoms with Crippen LogP contribution in [0.15, 0.2) is 78.4 Å². The highest BCUT2D eigenvalue weighted by atomic mass is 19.1. The number of aliphatic hydroxyl groups is 3. The van der Waals surface area contributed by atoms with E-state index >= 15 is 13.6 Å².